The van der Waals surface area contributed by atoms with Gasteiger partial charge in [0.1, 0.15) is 0 Å². The molecule has 2 nitrogen and oxygen atoms in total. The zero-order valence-corrected chi connectivity index (χ0v) is 17.4. The molecule has 146 valence electrons. The molecule has 0 saturated heterocycles. The monoisotopic (exact) mass is 360 g/mol. The van der Waals surface area contributed by atoms with Crippen LogP contribution in [0.1, 0.15) is 123 Å². The average Bonchev–Trinajstić information content (AvgIpc) is 2.56. The number of hydrogen-bond donors (Lipinski definition) is 2. The quantitative estimate of drug-likeness (QED) is 0.206. The van der Waals surface area contributed by atoms with Gasteiger partial charge in [-0.15, -0.1) is 0 Å². The van der Waals surface area contributed by atoms with Crippen LogP contribution in [0, 0.1) is 0 Å². The van der Waals surface area contributed by atoms with Gasteiger partial charge in [0.05, 0.1) is 6.42 Å². The van der Waals surface area contributed by atoms with E-state index in [0.717, 1.165) is 0 Å². The molecule has 3 heteroatoms. The maximum Gasteiger partial charge on any atom is 0.304 e. The van der Waals surface area contributed by atoms with Gasteiger partial charge in [0, 0.05) is 5.75 Å². The number of thiol groups is 1. The van der Waals surface area contributed by atoms with E-state index in [1.54, 1.807) is 0 Å². The first-order valence-electron chi connectivity index (χ1n) is 10.5. The lowest BCUT2D eigenvalue weighted by atomic mass is 10.0. The summed E-state index contributed by atoms with van der Waals surface area (Å²) in [4.78, 5) is 9.55. The van der Waals surface area contributed by atoms with Crippen LogP contribution in [-0.4, -0.2) is 16.8 Å². The van der Waals surface area contributed by atoms with E-state index in [0.29, 0.717) is 5.75 Å². The zero-order chi connectivity index (χ0) is 18.3. The van der Waals surface area contributed by atoms with Gasteiger partial charge in [-0.1, -0.05) is 117 Å². The SMILES string of the molecule is CCCCCCCCCCCCCCCCCC.O=C(O)CCS. The summed E-state index contributed by atoms with van der Waals surface area (Å²) in [6, 6.07) is 0. The lowest BCUT2D eigenvalue weighted by molar-refractivity contribution is -0.136. The van der Waals surface area contributed by atoms with Crippen LogP contribution in [0.4, 0.5) is 0 Å². The summed E-state index contributed by atoms with van der Waals surface area (Å²) in [6.45, 7) is 4.59. The normalized spacial score (nSPS) is 10.3. The van der Waals surface area contributed by atoms with Crippen LogP contribution in [0.2, 0.25) is 0 Å². The molecular weight excluding hydrogens is 316 g/mol. The van der Waals surface area contributed by atoms with Gasteiger partial charge in [0.15, 0.2) is 0 Å². The number of rotatable bonds is 17. The molecule has 1 N–H and O–H groups in total. The van der Waals surface area contributed by atoms with E-state index in [9.17, 15) is 4.79 Å². The molecule has 0 aromatic heterocycles. The highest BCUT2D eigenvalue weighted by molar-refractivity contribution is 7.80. The Morgan fingerprint density at radius 2 is 0.875 bits per heavy atom. The van der Waals surface area contributed by atoms with Gasteiger partial charge in [-0.05, 0) is 0 Å². The van der Waals surface area contributed by atoms with Gasteiger partial charge in [0.2, 0.25) is 0 Å². The summed E-state index contributed by atoms with van der Waals surface area (Å²) >= 11 is 3.68. The van der Waals surface area contributed by atoms with E-state index in [2.05, 4.69) is 26.5 Å². The fraction of sp³-hybridized carbons (Fsp3) is 0.952. The molecule has 0 aliphatic rings. The second-order valence-electron chi connectivity index (χ2n) is 6.82. The molecule has 0 bridgehead atoms. The number of carbonyl (C=O) groups is 1. The highest BCUT2D eigenvalue weighted by Gasteiger charge is 1.93. The third kappa shape index (κ3) is 29.8. The van der Waals surface area contributed by atoms with E-state index in [1.807, 2.05) is 0 Å². The minimum absolute atomic E-state index is 0.156. The highest BCUT2D eigenvalue weighted by atomic mass is 32.1. The van der Waals surface area contributed by atoms with Crippen molar-refractivity contribution < 1.29 is 9.90 Å². The second-order valence-corrected chi connectivity index (χ2v) is 7.26. The Labute approximate surface area is 157 Å². The Kier molecular flexibility index (Phi) is 27.2. The standard InChI is InChI=1S/C18H38.C3H6O2S/c1-3-5-7-9-11-13-15-17-18-16-14-12-10-8-6-4-2;4-3(5)1-2-6/h3-18H2,1-2H3;6H,1-2H2,(H,4,5). The molecule has 0 radical (unpaired) electrons. The van der Waals surface area contributed by atoms with Crippen LogP contribution in [-0.2, 0) is 4.79 Å². The molecular formula is C21H44O2S. The second kappa shape index (κ2) is 25.1. The Bertz CT molecular complexity index is 216. The fourth-order valence-corrected chi connectivity index (χ4v) is 2.91. The van der Waals surface area contributed by atoms with Crippen LogP contribution in [0.5, 0.6) is 0 Å². The van der Waals surface area contributed by atoms with Crippen molar-refractivity contribution in [1.82, 2.24) is 0 Å². The molecule has 0 atom stereocenters. The van der Waals surface area contributed by atoms with Gasteiger partial charge < -0.3 is 5.11 Å². The van der Waals surface area contributed by atoms with E-state index in [4.69, 9.17) is 5.11 Å². The summed E-state index contributed by atoms with van der Waals surface area (Å²) in [5.41, 5.74) is 0. The zero-order valence-electron chi connectivity index (χ0n) is 16.5. The van der Waals surface area contributed by atoms with Crippen molar-refractivity contribution in [3.05, 3.63) is 0 Å². The molecule has 0 aromatic carbocycles. The van der Waals surface area contributed by atoms with Gasteiger partial charge in [-0.25, -0.2) is 0 Å². The highest BCUT2D eigenvalue weighted by Crippen LogP contribution is 2.13. The predicted molar refractivity (Wildman–Crippen MR) is 111 cm³/mol. The summed E-state index contributed by atoms with van der Waals surface area (Å²) in [5, 5.41) is 7.86. The number of unbranched alkanes of at least 4 members (excludes halogenated alkanes) is 15. The molecule has 0 rings (SSSR count). The van der Waals surface area contributed by atoms with E-state index < -0.39 is 5.97 Å². The van der Waals surface area contributed by atoms with Gasteiger partial charge in [0.25, 0.3) is 0 Å². The molecule has 0 saturated carbocycles. The van der Waals surface area contributed by atoms with Crippen LogP contribution in [0.25, 0.3) is 0 Å². The Balaban J connectivity index is 0. The van der Waals surface area contributed by atoms with Crippen molar-refractivity contribution >= 4 is 18.6 Å². The molecule has 0 aliphatic carbocycles. The summed E-state index contributed by atoms with van der Waals surface area (Å²) < 4.78 is 0. The summed E-state index contributed by atoms with van der Waals surface area (Å²) in [7, 11) is 0. The first kappa shape index (κ1) is 26.1. The molecule has 0 fully saturated rings. The Hall–Kier alpha value is -0.180. The third-order valence-electron chi connectivity index (χ3n) is 4.28. The number of hydrogen-bond acceptors (Lipinski definition) is 2. The van der Waals surface area contributed by atoms with Crippen molar-refractivity contribution in [2.45, 2.75) is 123 Å². The first-order chi connectivity index (χ1) is 11.7. The van der Waals surface area contributed by atoms with Gasteiger partial charge in [-0.2, -0.15) is 12.6 Å². The predicted octanol–water partition coefficient (Wildman–Crippen LogP) is 7.66. The molecule has 0 aromatic rings. The van der Waals surface area contributed by atoms with Crippen molar-refractivity contribution in [1.29, 1.82) is 0 Å². The maximum absolute atomic E-state index is 9.55. The molecule has 0 amide bonds. The summed E-state index contributed by atoms with van der Waals surface area (Å²) in [6.07, 6.45) is 23.6. The molecule has 0 aliphatic heterocycles. The lowest BCUT2D eigenvalue weighted by Gasteiger charge is -2.03. The lowest BCUT2D eigenvalue weighted by Crippen LogP contribution is -1.93. The smallest absolute Gasteiger partial charge is 0.304 e. The minimum atomic E-state index is -0.787. The number of aliphatic carboxylic acids is 1. The average molecular weight is 361 g/mol. The van der Waals surface area contributed by atoms with Gasteiger partial charge in [-0.3, -0.25) is 4.79 Å². The number of carboxylic acid groups (broad SMARTS) is 1. The van der Waals surface area contributed by atoms with Gasteiger partial charge >= 0.3 is 5.97 Å². The van der Waals surface area contributed by atoms with E-state index in [1.165, 1.54) is 103 Å². The third-order valence-corrected chi connectivity index (χ3v) is 4.51. The topological polar surface area (TPSA) is 37.3 Å². The molecule has 24 heavy (non-hydrogen) atoms. The first-order valence-corrected chi connectivity index (χ1v) is 11.1. The van der Waals surface area contributed by atoms with Crippen molar-refractivity contribution in [2.75, 3.05) is 5.75 Å². The Morgan fingerprint density at radius 3 is 1.00 bits per heavy atom. The largest absolute Gasteiger partial charge is 0.481 e. The van der Waals surface area contributed by atoms with Crippen LogP contribution >= 0.6 is 12.6 Å². The van der Waals surface area contributed by atoms with E-state index >= 15 is 0 Å². The van der Waals surface area contributed by atoms with Crippen molar-refractivity contribution in [3.63, 3.8) is 0 Å². The van der Waals surface area contributed by atoms with Crippen LogP contribution in [0.15, 0.2) is 0 Å². The fourth-order valence-electron chi connectivity index (χ4n) is 2.72. The number of carboxylic acids is 1. The van der Waals surface area contributed by atoms with Crippen molar-refractivity contribution in [3.8, 4) is 0 Å². The minimum Gasteiger partial charge on any atom is -0.481 e. The Morgan fingerprint density at radius 1 is 0.625 bits per heavy atom. The van der Waals surface area contributed by atoms with Crippen LogP contribution < -0.4 is 0 Å². The maximum atomic E-state index is 9.55. The molecule has 0 unspecified atom stereocenters. The van der Waals surface area contributed by atoms with E-state index in [-0.39, 0.29) is 6.42 Å². The van der Waals surface area contributed by atoms with Crippen LogP contribution in [0.3, 0.4) is 0 Å². The molecule has 0 heterocycles. The molecule has 0 spiro atoms. The summed E-state index contributed by atoms with van der Waals surface area (Å²) in [5.74, 6) is -0.361. The van der Waals surface area contributed by atoms with Crippen molar-refractivity contribution in [2.24, 2.45) is 0 Å².